The Morgan fingerprint density at radius 3 is 1.75 bits per heavy atom. The number of primary amides is 1. The number of nitrogens with zero attached hydrogens (tertiary/aromatic N) is 1. The molecule has 0 aliphatic carbocycles. The smallest absolute Gasteiger partial charge is 0.245 e. The summed E-state index contributed by atoms with van der Waals surface area (Å²) in [5.41, 5.74) is 13.4. The van der Waals surface area contributed by atoms with Crippen LogP contribution < -0.4 is 43.4 Å². The number of aromatic hydroxyl groups is 1. The number of hydrogen-bond acceptors (Lipinski definition) is 11. The molecule has 2 aromatic carbocycles. The number of nitrogens with two attached hydrogens (primary N) is 2. The van der Waals surface area contributed by atoms with E-state index in [2.05, 4.69) is 41.9 Å². The molecule has 61 heavy (non-hydrogen) atoms. The van der Waals surface area contributed by atoms with Gasteiger partial charge in [0.2, 0.25) is 41.4 Å². The molecular weight excluding hydrogens is 789 g/mol. The molecule has 0 saturated carbocycles. The molecule has 7 amide bonds. The van der Waals surface area contributed by atoms with Crippen LogP contribution in [-0.4, -0.2) is 110 Å². The van der Waals surface area contributed by atoms with Crippen LogP contribution in [0.1, 0.15) is 64.8 Å². The molecule has 0 spiro atoms. The molecule has 9 atom stereocenters. The van der Waals surface area contributed by atoms with Crippen LogP contribution >= 0.6 is 0 Å². The van der Waals surface area contributed by atoms with Gasteiger partial charge in [-0.2, -0.15) is 0 Å². The number of carbonyl (C=O) groups excluding carboxylic acids is 7. The molecule has 0 radical (unpaired) electrons. The highest BCUT2D eigenvalue weighted by molar-refractivity contribution is 5.97. The molecule has 0 aliphatic rings. The van der Waals surface area contributed by atoms with E-state index in [1.54, 1.807) is 39.8 Å². The van der Waals surface area contributed by atoms with E-state index in [0.717, 1.165) is 5.56 Å². The number of nitrogens with one attached hydrogen (secondary N) is 7. The quantitative estimate of drug-likeness (QED) is 0.0548. The van der Waals surface area contributed by atoms with E-state index in [1.165, 1.54) is 38.5 Å². The Bertz CT molecular complexity index is 1930. The Kier molecular flexibility index (Phi) is 18.8. The van der Waals surface area contributed by atoms with Crippen molar-refractivity contribution in [3.05, 3.63) is 83.9 Å². The lowest BCUT2D eigenvalue weighted by Gasteiger charge is -2.30. The fourth-order valence-electron chi connectivity index (χ4n) is 6.23. The zero-order valence-corrected chi connectivity index (χ0v) is 35.3. The highest BCUT2D eigenvalue weighted by Gasteiger charge is 2.36. The minimum absolute atomic E-state index is 0.0287. The fraction of sp³-hybridized carbons (Fsp3) is 0.476. The molecule has 0 bridgehead atoms. The Labute approximate surface area is 355 Å². The van der Waals surface area contributed by atoms with Gasteiger partial charge >= 0.3 is 0 Å². The van der Waals surface area contributed by atoms with Crippen LogP contribution in [0, 0.1) is 11.8 Å². The van der Waals surface area contributed by atoms with Crippen LogP contribution in [0.25, 0.3) is 0 Å². The SMILES string of the molecule is CC[C@H](C)[C@H](NC(=O)[C@H](Cc1cnc[nH]1)NC(=O)[C@H](Cc1ccc(O)cc1)NC(=O)[C@H](C)NC(=O)[C@@H](N)Cc1ccccc1)C(=O)N[C@H](C(=O)N[C@H](C(N)=O)C(C)C)[C@@H](C)O. The van der Waals surface area contributed by atoms with Crippen LogP contribution in [0.5, 0.6) is 5.75 Å². The van der Waals surface area contributed by atoms with Gasteiger partial charge in [0.25, 0.3) is 0 Å². The lowest BCUT2D eigenvalue weighted by atomic mass is 9.96. The second-order valence-electron chi connectivity index (χ2n) is 15.5. The van der Waals surface area contributed by atoms with Crippen LogP contribution in [-0.2, 0) is 52.8 Å². The number of aliphatic hydroxyl groups is 1. The molecule has 19 heteroatoms. The second-order valence-corrected chi connectivity index (χ2v) is 15.5. The van der Waals surface area contributed by atoms with Gasteiger partial charge in [-0.05, 0) is 55.4 Å². The van der Waals surface area contributed by atoms with Crippen molar-refractivity contribution in [3.8, 4) is 5.75 Å². The maximum atomic E-state index is 14.2. The zero-order chi connectivity index (χ0) is 45.4. The van der Waals surface area contributed by atoms with Crippen molar-refractivity contribution in [2.45, 2.75) is 116 Å². The van der Waals surface area contributed by atoms with E-state index < -0.39 is 102 Å². The van der Waals surface area contributed by atoms with Crippen LogP contribution in [0.4, 0.5) is 0 Å². The number of amides is 7. The topological polar surface area (TPSA) is 313 Å². The summed E-state index contributed by atoms with van der Waals surface area (Å²) in [5, 5.41) is 35.9. The number of rotatable bonds is 23. The number of phenols is 1. The van der Waals surface area contributed by atoms with E-state index in [1.807, 2.05) is 30.3 Å². The van der Waals surface area contributed by atoms with E-state index in [0.29, 0.717) is 17.7 Å². The lowest BCUT2D eigenvalue weighted by Crippen LogP contribution is -2.62. The molecule has 1 aromatic heterocycles. The average Bonchev–Trinajstić information content (AvgIpc) is 3.73. The molecule has 332 valence electrons. The predicted octanol–water partition coefficient (Wildman–Crippen LogP) is -1.03. The van der Waals surface area contributed by atoms with Gasteiger partial charge in [-0.15, -0.1) is 0 Å². The van der Waals surface area contributed by atoms with Crippen LogP contribution in [0.3, 0.4) is 0 Å². The van der Waals surface area contributed by atoms with Crippen molar-refractivity contribution in [1.82, 2.24) is 41.9 Å². The normalized spacial score (nSPS) is 15.6. The van der Waals surface area contributed by atoms with Gasteiger partial charge in [0, 0.05) is 24.7 Å². The molecule has 1 heterocycles. The largest absolute Gasteiger partial charge is 0.508 e. The molecule has 0 unspecified atom stereocenters. The lowest BCUT2D eigenvalue weighted by molar-refractivity contribution is -0.137. The third-order valence-corrected chi connectivity index (χ3v) is 10.1. The molecule has 0 saturated heterocycles. The monoisotopic (exact) mass is 848 g/mol. The van der Waals surface area contributed by atoms with Gasteiger partial charge in [-0.25, -0.2) is 4.98 Å². The number of benzene rings is 2. The van der Waals surface area contributed by atoms with E-state index in [-0.39, 0.29) is 25.0 Å². The molecular formula is C42H60N10O9. The van der Waals surface area contributed by atoms with Crippen molar-refractivity contribution in [1.29, 1.82) is 0 Å². The fourth-order valence-corrected chi connectivity index (χ4v) is 6.23. The summed E-state index contributed by atoms with van der Waals surface area (Å²) in [6.07, 6.45) is 1.76. The van der Waals surface area contributed by atoms with Crippen LogP contribution in [0.15, 0.2) is 67.1 Å². The summed E-state index contributed by atoms with van der Waals surface area (Å²) in [6.45, 7) is 9.48. The standard InChI is InChI=1S/C42H60N10O9/c1-7-23(4)34(41(60)52-35(25(6)53)42(61)50-33(22(2)3)36(44)55)51-40(59)32(19-28-20-45-21-46-28)49-39(58)31(18-27-13-15-29(54)16-14-27)48-37(56)24(5)47-38(57)30(43)17-26-11-9-8-10-12-26/h8-16,20-25,30-35,53-54H,7,17-19,43H2,1-6H3,(H2,44,55)(H,45,46)(H,47,57)(H,48,56)(H,49,58)(H,50,61)(H,51,59)(H,52,60)/t23-,24-,25+,30-,31-,32-,33-,34-,35-/m0/s1. The minimum atomic E-state index is -1.53. The van der Waals surface area contributed by atoms with Crippen molar-refractivity contribution < 1.29 is 43.8 Å². The summed E-state index contributed by atoms with van der Waals surface area (Å²) in [6, 6.07) is 6.33. The molecule has 0 aliphatic heterocycles. The Hall–Kier alpha value is -6.34. The van der Waals surface area contributed by atoms with Gasteiger partial charge in [0.1, 0.15) is 42.0 Å². The zero-order valence-electron chi connectivity index (χ0n) is 35.3. The van der Waals surface area contributed by atoms with Crippen molar-refractivity contribution in [2.75, 3.05) is 0 Å². The van der Waals surface area contributed by atoms with Gasteiger partial charge in [0.15, 0.2) is 0 Å². The van der Waals surface area contributed by atoms with E-state index >= 15 is 0 Å². The maximum Gasteiger partial charge on any atom is 0.245 e. The number of aromatic nitrogens is 2. The van der Waals surface area contributed by atoms with Gasteiger partial charge in [0.05, 0.1) is 18.5 Å². The number of aromatic amines is 1. The number of aliphatic hydroxyl groups excluding tert-OH is 1. The van der Waals surface area contributed by atoms with Crippen molar-refractivity contribution in [2.24, 2.45) is 23.3 Å². The summed E-state index contributed by atoms with van der Waals surface area (Å²) in [7, 11) is 0. The first-order valence-electron chi connectivity index (χ1n) is 20.1. The number of imidazole rings is 1. The maximum absolute atomic E-state index is 14.2. The minimum Gasteiger partial charge on any atom is -0.508 e. The van der Waals surface area contributed by atoms with Crippen molar-refractivity contribution >= 4 is 41.4 Å². The highest BCUT2D eigenvalue weighted by atomic mass is 16.3. The van der Waals surface area contributed by atoms with Gasteiger partial charge in [-0.1, -0.05) is 76.6 Å². The number of phenolic OH excluding ortho intramolecular Hbond substituents is 1. The first kappa shape index (κ1) is 49.0. The van der Waals surface area contributed by atoms with E-state index in [4.69, 9.17) is 11.5 Å². The van der Waals surface area contributed by atoms with Crippen LogP contribution in [0.2, 0.25) is 0 Å². The second kappa shape index (κ2) is 23.4. The Morgan fingerprint density at radius 2 is 1.20 bits per heavy atom. The summed E-state index contributed by atoms with van der Waals surface area (Å²) >= 11 is 0. The Morgan fingerprint density at radius 1 is 0.656 bits per heavy atom. The number of hydrogen-bond donors (Lipinski definition) is 11. The molecule has 19 nitrogen and oxygen atoms in total. The average molecular weight is 849 g/mol. The molecule has 13 N–H and O–H groups in total. The van der Waals surface area contributed by atoms with Gasteiger partial charge < -0.3 is 58.6 Å². The number of carbonyl (C=O) groups is 7. The number of H-pyrrole nitrogens is 1. The molecule has 0 fully saturated rings. The Balaban J connectivity index is 1.85. The first-order chi connectivity index (χ1) is 28.8. The summed E-state index contributed by atoms with van der Waals surface area (Å²) in [5.74, 6) is -6.38. The van der Waals surface area contributed by atoms with E-state index in [9.17, 15) is 43.8 Å². The molecule has 3 rings (SSSR count). The summed E-state index contributed by atoms with van der Waals surface area (Å²) < 4.78 is 0. The van der Waals surface area contributed by atoms with Gasteiger partial charge in [-0.3, -0.25) is 33.6 Å². The predicted molar refractivity (Wildman–Crippen MR) is 225 cm³/mol. The first-order valence-corrected chi connectivity index (χ1v) is 20.1. The third kappa shape index (κ3) is 15.3. The molecule has 3 aromatic rings. The highest BCUT2D eigenvalue weighted by Crippen LogP contribution is 2.14. The van der Waals surface area contributed by atoms with Crippen molar-refractivity contribution in [3.63, 3.8) is 0 Å². The summed E-state index contributed by atoms with van der Waals surface area (Å²) in [4.78, 5) is 101. The third-order valence-electron chi connectivity index (χ3n) is 10.1.